The largest absolute Gasteiger partial charge is 0.465 e. The fourth-order valence-corrected chi connectivity index (χ4v) is 4.08. The van der Waals surface area contributed by atoms with Crippen molar-refractivity contribution in [3.05, 3.63) is 54.1 Å². The third-order valence-electron chi connectivity index (χ3n) is 3.62. The van der Waals surface area contributed by atoms with Gasteiger partial charge in [-0.2, -0.15) is 0 Å². The van der Waals surface area contributed by atoms with Gasteiger partial charge in [0, 0.05) is 6.42 Å². The van der Waals surface area contributed by atoms with E-state index in [-0.39, 0.29) is 12.1 Å². The monoisotopic (exact) mass is 403 g/mol. The number of carbonyl (C=O) groups is 1. The van der Waals surface area contributed by atoms with Crippen LogP contribution in [-0.4, -0.2) is 18.8 Å². The smallest absolute Gasteiger partial charge is 0.348 e. The van der Waals surface area contributed by atoms with Gasteiger partial charge in [-0.15, -0.1) is 11.3 Å². The SMILES string of the molecule is COC(=O)c1sc(C2=NOC(c3cc(Cl)c(Cl)c(Cl)c3)C2)cc1C. The Balaban J connectivity index is 1.82. The molecule has 0 amide bonds. The summed E-state index contributed by atoms with van der Waals surface area (Å²) in [6, 6.07) is 5.35. The Morgan fingerprint density at radius 1 is 1.29 bits per heavy atom. The number of oxime groups is 1. The standard InChI is InChI=1S/C16H12Cl3NO3S/c1-7-3-13(24-15(7)16(21)22-2)11-6-12(23-20-11)8-4-9(17)14(19)10(18)5-8/h3-5,12H,6H2,1-2H3. The summed E-state index contributed by atoms with van der Waals surface area (Å²) < 4.78 is 4.78. The summed E-state index contributed by atoms with van der Waals surface area (Å²) in [6.45, 7) is 1.86. The van der Waals surface area contributed by atoms with Crippen LogP contribution in [0, 0.1) is 6.92 Å². The van der Waals surface area contributed by atoms with Gasteiger partial charge in [0.2, 0.25) is 0 Å². The third-order valence-corrected chi connectivity index (χ3v) is 6.08. The van der Waals surface area contributed by atoms with Crippen LogP contribution in [0.2, 0.25) is 15.1 Å². The van der Waals surface area contributed by atoms with Crippen molar-refractivity contribution < 1.29 is 14.4 Å². The van der Waals surface area contributed by atoms with Crippen molar-refractivity contribution >= 4 is 57.8 Å². The van der Waals surface area contributed by atoms with Gasteiger partial charge in [-0.3, -0.25) is 0 Å². The predicted octanol–water partition coefficient (Wildman–Crippen LogP) is 5.67. The van der Waals surface area contributed by atoms with Crippen LogP contribution < -0.4 is 0 Å². The van der Waals surface area contributed by atoms with E-state index in [4.69, 9.17) is 44.4 Å². The Morgan fingerprint density at radius 3 is 2.58 bits per heavy atom. The van der Waals surface area contributed by atoms with E-state index >= 15 is 0 Å². The molecule has 3 rings (SSSR count). The lowest BCUT2D eigenvalue weighted by molar-refractivity contribution is 0.0605. The number of hydrogen-bond donors (Lipinski definition) is 0. The molecule has 0 spiro atoms. The zero-order chi connectivity index (χ0) is 17.4. The zero-order valence-corrected chi connectivity index (χ0v) is 15.8. The Bertz CT molecular complexity index is 824. The van der Waals surface area contributed by atoms with Crippen LogP contribution in [0.15, 0.2) is 23.4 Å². The first-order valence-electron chi connectivity index (χ1n) is 6.97. The lowest BCUT2D eigenvalue weighted by Crippen LogP contribution is -2.00. The van der Waals surface area contributed by atoms with E-state index in [0.717, 1.165) is 21.7 Å². The van der Waals surface area contributed by atoms with Crippen LogP contribution >= 0.6 is 46.1 Å². The van der Waals surface area contributed by atoms with Crippen molar-refractivity contribution in [1.29, 1.82) is 0 Å². The molecule has 0 bridgehead atoms. The second-order valence-electron chi connectivity index (χ2n) is 5.25. The van der Waals surface area contributed by atoms with Gasteiger partial charge >= 0.3 is 5.97 Å². The van der Waals surface area contributed by atoms with Gasteiger partial charge < -0.3 is 9.57 Å². The number of benzene rings is 1. The van der Waals surface area contributed by atoms with Gasteiger partial charge in [-0.25, -0.2) is 4.79 Å². The average Bonchev–Trinajstić information content (AvgIpc) is 3.18. The van der Waals surface area contributed by atoms with Gasteiger partial charge in [0.05, 0.1) is 27.1 Å². The minimum Gasteiger partial charge on any atom is -0.465 e. The van der Waals surface area contributed by atoms with E-state index in [1.54, 1.807) is 12.1 Å². The number of hydrogen-bond acceptors (Lipinski definition) is 5. The molecule has 1 aliphatic rings. The number of esters is 1. The topological polar surface area (TPSA) is 47.9 Å². The summed E-state index contributed by atoms with van der Waals surface area (Å²) in [4.78, 5) is 18.7. The zero-order valence-electron chi connectivity index (χ0n) is 12.7. The molecule has 1 atom stereocenters. The summed E-state index contributed by atoms with van der Waals surface area (Å²) >= 11 is 19.4. The second kappa shape index (κ2) is 6.92. The molecule has 0 saturated heterocycles. The number of nitrogens with zero attached hydrogens (tertiary/aromatic N) is 1. The normalized spacial score (nSPS) is 16.7. The Kier molecular flexibility index (Phi) is 5.06. The lowest BCUT2D eigenvalue weighted by atomic mass is 10.0. The number of ether oxygens (including phenoxy) is 1. The number of carbonyl (C=O) groups excluding carboxylic acids is 1. The van der Waals surface area contributed by atoms with Crippen molar-refractivity contribution in [1.82, 2.24) is 0 Å². The van der Waals surface area contributed by atoms with Crippen molar-refractivity contribution in [3.63, 3.8) is 0 Å². The van der Waals surface area contributed by atoms with E-state index in [0.29, 0.717) is 26.4 Å². The summed E-state index contributed by atoms with van der Waals surface area (Å²) in [6.07, 6.45) is 0.255. The fourth-order valence-electron chi connectivity index (χ4n) is 2.38. The molecular weight excluding hydrogens is 393 g/mol. The van der Waals surface area contributed by atoms with Crippen LogP contribution in [-0.2, 0) is 9.57 Å². The Morgan fingerprint density at radius 2 is 1.96 bits per heavy atom. The number of thiophene rings is 1. The predicted molar refractivity (Wildman–Crippen MR) is 96.8 cm³/mol. The first-order valence-corrected chi connectivity index (χ1v) is 8.92. The molecule has 0 aliphatic carbocycles. The molecule has 4 nitrogen and oxygen atoms in total. The summed E-state index contributed by atoms with van der Waals surface area (Å²) in [7, 11) is 1.36. The number of aryl methyl sites for hydroxylation is 1. The minimum absolute atomic E-state index is 0.295. The highest BCUT2D eigenvalue weighted by molar-refractivity contribution is 7.16. The van der Waals surface area contributed by atoms with E-state index in [9.17, 15) is 4.79 Å². The average molecular weight is 405 g/mol. The highest BCUT2D eigenvalue weighted by atomic mass is 35.5. The first-order chi connectivity index (χ1) is 11.4. The van der Waals surface area contributed by atoms with Gasteiger partial charge in [-0.05, 0) is 36.2 Å². The molecule has 0 saturated carbocycles. The molecule has 126 valence electrons. The maximum Gasteiger partial charge on any atom is 0.348 e. The highest BCUT2D eigenvalue weighted by Gasteiger charge is 2.27. The van der Waals surface area contributed by atoms with Crippen LogP contribution in [0.1, 0.15) is 38.2 Å². The quantitative estimate of drug-likeness (QED) is 0.489. The third kappa shape index (κ3) is 3.26. The fraction of sp³-hybridized carbons (Fsp3) is 0.250. The summed E-state index contributed by atoms with van der Waals surface area (Å²) in [5, 5.41) is 5.20. The van der Waals surface area contributed by atoms with Crippen molar-refractivity contribution in [2.75, 3.05) is 7.11 Å². The molecule has 8 heteroatoms. The van der Waals surface area contributed by atoms with E-state index < -0.39 is 0 Å². The minimum atomic E-state index is -0.351. The Hall–Kier alpha value is -1.27. The van der Waals surface area contributed by atoms with Crippen molar-refractivity contribution in [2.24, 2.45) is 5.16 Å². The molecule has 24 heavy (non-hydrogen) atoms. The molecule has 1 aromatic carbocycles. The molecule has 2 heterocycles. The van der Waals surface area contributed by atoms with E-state index in [2.05, 4.69) is 5.16 Å². The number of halogens is 3. The molecule has 1 unspecified atom stereocenters. The van der Waals surface area contributed by atoms with E-state index in [1.165, 1.54) is 18.4 Å². The van der Waals surface area contributed by atoms with Crippen molar-refractivity contribution in [3.8, 4) is 0 Å². The van der Waals surface area contributed by atoms with Crippen LogP contribution in [0.25, 0.3) is 0 Å². The maximum atomic E-state index is 11.7. The van der Waals surface area contributed by atoms with Crippen LogP contribution in [0.4, 0.5) is 0 Å². The molecule has 1 aromatic heterocycles. The molecule has 0 fully saturated rings. The summed E-state index contributed by atoms with van der Waals surface area (Å²) in [5.41, 5.74) is 2.42. The maximum absolute atomic E-state index is 11.7. The molecule has 2 aromatic rings. The van der Waals surface area contributed by atoms with Gasteiger partial charge in [-0.1, -0.05) is 40.0 Å². The Labute approximate surface area is 157 Å². The summed E-state index contributed by atoms with van der Waals surface area (Å²) in [5.74, 6) is -0.351. The molecule has 0 N–H and O–H groups in total. The second-order valence-corrected chi connectivity index (χ2v) is 7.49. The number of rotatable bonds is 3. The lowest BCUT2D eigenvalue weighted by Gasteiger charge is -2.10. The van der Waals surface area contributed by atoms with Gasteiger partial charge in [0.1, 0.15) is 10.6 Å². The van der Waals surface area contributed by atoms with Gasteiger partial charge in [0.25, 0.3) is 0 Å². The molecule has 1 aliphatic heterocycles. The first kappa shape index (κ1) is 17.5. The molecule has 0 radical (unpaired) electrons. The number of methoxy groups -OCH3 is 1. The van der Waals surface area contributed by atoms with Crippen LogP contribution in [0.3, 0.4) is 0 Å². The highest BCUT2D eigenvalue weighted by Crippen LogP contribution is 2.38. The molecular formula is C16H12Cl3NO3S. The van der Waals surface area contributed by atoms with Crippen molar-refractivity contribution in [2.45, 2.75) is 19.4 Å². The van der Waals surface area contributed by atoms with E-state index in [1.807, 2.05) is 13.0 Å². The van der Waals surface area contributed by atoms with Crippen LogP contribution in [0.5, 0.6) is 0 Å². The van der Waals surface area contributed by atoms with Gasteiger partial charge in [0.15, 0.2) is 6.10 Å².